The number of carbonyl (C=O) groups excluding carboxylic acids is 1. The molecule has 1 aromatic carbocycles. The molecular weight excluding hydrogens is 256 g/mol. The van der Waals surface area contributed by atoms with Crippen LogP contribution in [0.5, 0.6) is 0 Å². The van der Waals surface area contributed by atoms with E-state index in [2.05, 4.69) is 10.3 Å². The highest BCUT2D eigenvalue weighted by atomic mass is 16.4. The van der Waals surface area contributed by atoms with Crippen LogP contribution in [-0.4, -0.2) is 28.5 Å². The number of pyridine rings is 1. The minimum Gasteiger partial charge on any atom is -0.481 e. The number of carboxylic acids is 1. The number of amides is 1. The highest BCUT2D eigenvalue weighted by molar-refractivity contribution is 6.06. The Hall–Kier alpha value is -2.43. The van der Waals surface area contributed by atoms with Gasteiger partial charge in [-0.05, 0) is 18.2 Å². The molecule has 2 N–H and O–H groups in total. The molecule has 1 aromatic heterocycles. The molecule has 0 aliphatic carbocycles. The lowest BCUT2D eigenvalue weighted by atomic mass is 10.1. The maximum Gasteiger partial charge on any atom is 0.303 e. The van der Waals surface area contributed by atoms with Crippen molar-refractivity contribution >= 4 is 22.6 Å². The summed E-state index contributed by atoms with van der Waals surface area (Å²) in [6.45, 7) is 0.468. The van der Waals surface area contributed by atoms with Crippen molar-refractivity contribution in [3.05, 3.63) is 42.2 Å². The minimum absolute atomic E-state index is 0.131. The lowest BCUT2D eigenvalue weighted by Gasteiger charge is -2.07. The summed E-state index contributed by atoms with van der Waals surface area (Å²) in [7, 11) is 0. The lowest BCUT2D eigenvalue weighted by Crippen LogP contribution is -2.24. The molecule has 20 heavy (non-hydrogen) atoms. The molecule has 104 valence electrons. The van der Waals surface area contributed by atoms with Crippen LogP contribution in [0.1, 0.15) is 29.6 Å². The zero-order valence-electron chi connectivity index (χ0n) is 11.0. The van der Waals surface area contributed by atoms with Gasteiger partial charge in [0.1, 0.15) is 0 Å². The van der Waals surface area contributed by atoms with E-state index in [-0.39, 0.29) is 12.3 Å². The van der Waals surface area contributed by atoms with Gasteiger partial charge in [-0.3, -0.25) is 14.6 Å². The molecule has 2 rings (SSSR count). The van der Waals surface area contributed by atoms with E-state index in [1.807, 2.05) is 24.3 Å². The van der Waals surface area contributed by atoms with Crippen LogP contribution in [0.3, 0.4) is 0 Å². The number of benzene rings is 1. The number of aromatic nitrogens is 1. The maximum absolute atomic E-state index is 12.1. The second kappa shape index (κ2) is 6.65. The summed E-state index contributed by atoms with van der Waals surface area (Å²) < 4.78 is 0. The van der Waals surface area contributed by atoms with Crippen molar-refractivity contribution in [2.45, 2.75) is 19.3 Å². The van der Waals surface area contributed by atoms with Gasteiger partial charge in [-0.1, -0.05) is 24.3 Å². The number of nitrogens with one attached hydrogen (secondary N) is 1. The van der Waals surface area contributed by atoms with Crippen LogP contribution < -0.4 is 5.32 Å². The fourth-order valence-electron chi connectivity index (χ4n) is 2.00. The van der Waals surface area contributed by atoms with Gasteiger partial charge >= 0.3 is 5.97 Å². The number of unbranched alkanes of at least 4 members (excludes halogenated alkanes) is 1. The van der Waals surface area contributed by atoms with E-state index in [0.29, 0.717) is 24.9 Å². The van der Waals surface area contributed by atoms with Crippen molar-refractivity contribution in [1.82, 2.24) is 10.3 Å². The van der Waals surface area contributed by atoms with Crippen molar-refractivity contribution in [3.8, 4) is 0 Å². The van der Waals surface area contributed by atoms with Crippen LogP contribution >= 0.6 is 0 Å². The zero-order valence-corrected chi connectivity index (χ0v) is 11.0. The lowest BCUT2D eigenvalue weighted by molar-refractivity contribution is -0.137. The summed E-state index contributed by atoms with van der Waals surface area (Å²) in [5, 5.41) is 13.1. The van der Waals surface area contributed by atoms with Crippen molar-refractivity contribution in [2.75, 3.05) is 6.54 Å². The Balaban J connectivity index is 1.96. The third-order valence-corrected chi connectivity index (χ3v) is 3.02. The van der Waals surface area contributed by atoms with Gasteiger partial charge in [0.15, 0.2) is 0 Å². The summed E-state index contributed by atoms with van der Waals surface area (Å²) in [6.07, 6.45) is 4.61. The van der Waals surface area contributed by atoms with Crippen molar-refractivity contribution in [1.29, 1.82) is 0 Å². The van der Waals surface area contributed by atoms with E-state index >= 15 is 0 Å². The Morgan fingerprint density at radius 2 is 1.95 bits per heavy atom. The average molecular weight is 272 g/mol. The van der Waals surface area contributed by atoms with Crippen LogP contribution in [0.15, 0.2) is 36.7 Å². The number of hydrogen-bond acceptors (Lipinski definition) is 3. The Morgan fingerprint density at radius 3 is 2.75 bits per heavy atom. The van der Waals surface area contributed by atoms with Gasteiger partial charge < -0.3 is 10.4 Å². The van der Waals surface area contributed by atoms with E-state index in [4.69, 9.17) is 5.11 Å². The standard InChI is InChI=1S/C15H16N2O3/c18-14(19)7-3-4-8-17-15(20)13-10-16-9-11-5-1-2-6-12(11)13/h1-2,5-6,9-10H,3-4,7-8H2,(H,17,20)(H,18,19). The maximum atomic E-state index is 12.1. The van der Waals surface area contributed by atoms with Crippen LogP contribution in [0.2, 0.25) is 0 Å². The predicted molar refractivity (Wildman–Crippen MR) is 75.6 cm³/mol. The Kier molecular flexibility index (Phi) is 4.65. The summed E-state index contributed by atoms with van der Waals surface area (Å²) in [4.78, 5) is 26.5. The third kappa shape index (κ3) is 3.54. The fraction of sp³-hybridized carbons (Fsp3) is 0.267. The van der Waals surface area contributed by atoms with Crippen LogP contribution in [-0.2, 0) is 4.79 Å². The second-order valence-electron chi connectivity index (χ2n) is 4.51. The van der Waals surface area contributed by atoms with Gasteiger partial charge in [-0.25, -0.2) is 0 Å². The molecule has 0 spiro atoms. The molecule has 0 aliphatic heterocycles. The van der Waals surface area contributed by atoms with Crippen molar-refractivity contribution in [3.63, 3.8) is 0 Å². The number of nitrogens with zero attached hydrogens (tertiary/aromatic N) is 1. The van der Waals surface area contributed by atoms with Gasteiger partial charge in [-0.15, -0.1) is 0 Å². The molecule has 0 bridgehead atoms. The van der Waals surface area contributed by atoms with E-state index in [0.717, 1.165) is 10.8 Å². The Bertz CT molecular complexity index is 620. The van der Waals surface area contributed by atoms with Crippen molar-refractivity contribution < 1.29 is 14.7 Å². The van der Waals surface area contributed by atoms with Crippen LogP contribution in [0, 0.1) is 0 Å². The monoisotopic (exact) mass is 272 g/mol. The molecule has 1 heterocycles. The first-order chi connectivity index (χ1) is 9.68. The van der Waals surface area contributed by atoms with Gasteiger partial charge in [0, 0.05) is 30.7 Å². The number of fused-ring (bicyclic) bond motifs is 1. The Labute approximate surface area is 116 Å². The zero-order chi connectivity index (χ0) is 14.4. The van der Waals surface area contributed by atoms with E-state index in [1.165, 1.54) is 0 Å². The molecule has 1 amide bonds. The normalized spacial score (nSPS) is 10.4. The summed E-state index contributed by atoms with van der Waals surface area (Å²) >= 11 is 0. The predicted octanol–water partition coefficient (Wildman–Crippen LogP) is 2.22. The third-order valence-electron chi connectivity index (χ3n) is 3.02. The van der Waals surface area contributed by atoms with Gasteiger partial charge in [-0.2, -0.15) is 0 Å². The van der Waals surface area contributed by atoms with Crippen LogP contribution in [0.4, 0.5) is 0 Å². The summed E-state index contributed by atoms with van der Waals surface area (Å²) in [5.41, 5.74) is 0.543. The molecule has 5 nitrogen and oxygen atoms in total. The number of carbonyl (C=O) groups is 2. The summed E-state index contributed by atoms with van der Waals surface area (Å²) in [6, 6.07) is 7.58. The quantitative estimate of drug-likeness (QED) is 0.790. The SMILES string of the molecule is O=C(O)CCCCNC(=O)c1cncc2ccccc12. The molecule has 2 aromatic rings. The highest BCUT2D eigenvalue weighted by Crippen LogP contribution is 2.16. The second-order valence-corrected chi connectivity index (χ2v) is 4.51. The largest absolute Gasteiger partial charge is 0.481 e. The number of rotatable bonds is 6. The average Bonchev–Trinajstić information content (AvgIpc) is 2.45. The van der Waals surface area contributed by atoms with Gasteiger partial charge in [0.05, 0.1) is 5.56 Å². The summed E-state index contributed by atoms with van der Waals surface area (Å²) in [5.74, 6) is -0.987. The first kappa shape index (κ1) is 14.0. The molecule has 0 atom stereocenters. The molecule has 0 saturated heterocycles. The first-order valence-corrected chi connectivity index (χ1v) is 6.51. The van der Waals surface area contributed by atoms with Gasteiger partial charge in [0.2, 0.25) is 0 Å². The highest BCUT2D eigenvalue weighted by Gasteiger charge is 2.09. The number of aliphatic carboxylic acids is 1. The van der Waals surface area contributed by atoms with Crippen LogP contribution in [0.25, 0.3) is 10.8 Å². The van der Waals surface area contributed by atoms with Gasteiger partial charge in [0.25, 0.3) is 5.91 Å². The molecule has 0 aliphatic rings. The topological polar surface area (TPSA) is 79.3 Å². The first-order valence-electron chi connectivity index (χ1n) is 6.51. The number of hydrogen-bond donors (Lipinski definition) is 2. The number of carboxylic acid groups (broad SMARTS) is 1. The molecular formula is C15H16N2O3. The fourth-order valence-corrected chi connectivity index (χ4v) is 2.00. The smallest absolute Gasteiger partial charge is 0.303 e. The van der Waals surface area contributed by atoms with E-state index in [1.54, 1.807) is 12.4 Å². The molecule has 0 fully saturated rings. The molecule has 0 saturated carbocycles. The van der Waals surface area contributed by atoms with E-state index in [9.17, 15) is 9.59 Å². The van der Waals surface area contributed by atoms with Crippen molar-refractivity contribution in [2.24, 2.45) is 0 Å². The Morgan fingerprint density at radius 1 is 1.15 bits per heavy atom. The molecule has 0 unspecified atom stereocenters. The van der Waals surface area contributed by atoms with E-state index < -0.39 is 5.97 Å². The minimum atomic E-state index is -0.811. The molecule has 0 radical (unpaired) electrons. The molecule has 5 heteroatoms.